The Morgan fingerprint density at radius 2 is 2.29 bits per heavy atom. The first-order valence-corrected chi connectivity index (χ1v) is 8.67. The first-order valence-electron chi connectivity index (χ1n) is 8.67. The second-order valence-corrected chi connectivity index (χ2v) is 6.08. The molecule has 1 atom stereocenters. The van der Waals surface area contributed by atoms with Gasteiger partial charge in [0.05, 0.1) is 19.3 Å². The van der Waals surface area contributed by atoms with E-state index < -0.39 is 0 Å². The Balaban J connectivity index is 1.49. The van der Waals surface area contributed by atoms with Crippen molar-refractivity contribution in [2.45, 2.75) is 58.7 Å². The number of nitrogens with zero attached hydrogens (tertiary/aromatic N) is 5. The summed E-state index contributed by atoms with van der Waals surface area (Å²) in [6.45, 7) is 5.99. The van der Waals surface area contributed by atoms with E-state index in [1.54, 1.807) is 6.20 Å². The largest absolute Gasteiger partial charge is 0.310 e. The molecule has 130 valence electrons. The van der Waals surface area contributed by atoms with Crippen molar-refractivity contribution in [2.24, 2.45) is 0 Å². The van der Waals surface area contributed by atoms with Crippen LogP contribution < -0.4 is 10.6 Å². The van der Waals surface area contributed by atoms with E-state index in [4.69, 9.17) is 0 Å². The Morgan fingerprint density at radius 1 is 1.42 bits per heavy atom. The number of hydrogen-bond acceptors (Lipinski definition) is 5. The van der Waals surface area contributed by atoms with E-state index in [2.05, 4.69) is 39.7 Å². The first kappa shape index (κ1) is 16.6. The van der Waals surface area contributed by atoms with Gasteiger partial charge in [-0.3, -0.25) is 4.79 Å². The second kappa shape index (κ2) is 7.57. The Kier molecular flexibility index (Phi) is 5.24. The molecule has 2 N–H and O–H groups in total. The quantitative estimate of drug-likeness (QED) is 0.790. The molecule has 0 bridgehead atoms. The monoisotopic (exact) mass is 331 g/mol. The fourth-order valence-electron chi connectivity index (χ4n) is 2.93. The molecular formula is C16H25N7O. The van der Waals surface area contributed by atoms with Gasteiger partial charge in [0.25, 0.3) is 0 Å². The molecule has 0 fully saturated rings. The number of aryl methyl sites for hydroxylation is 3. The van der Waals surface area contributed by atoms with E-state index >= 15 is 0 Å². The number of amides is 1. The van der Waals surface area contributed by atoms with Crippen LogP contribution >= 0.6 is 0 Å². The molecule has 2 aromatic rings. The van der Waals surface area contributed by atoms with E-state index in [9.17, 15) is 4.79 Å². The molecule has 1 aliphatic rings. The molecule has 24 heavy (non-hydrogen) atoms. The molecule has 3 heterocycles. The first-order chi connectivity index (χ1) is 11.7. The van der Waals surface area contributed by atoms with Gasteiger partial charge in [-0.1, -0.05) is 13.8 Å². The number of fused-ring (bicyclic) bond motifs is 1. The standard InChI is InChI=1S/C16H25N7O/c1-3-9-22-15(7-8-18-22)20-16(24)10-17-12-5-6-14-19-13(4-2)21-23(14)11-12/h7-8,12,17H,3-6,9-11H2,1-2H3,(H,20,24)/t12-/m0/s1. The van der Waals surface area contributed by atoms with Crippen LogP contribution in [-0.4, -0.2) is 43.0 Å². The van der Waals surface area contributed by atoms with Gasteiger partial charge in [-0.15, -0.1) is 0 Å². The molecule has 3 rings (SSSR count). The number of rotatable bonds is 7. The Labute approximate surface area is 141 Å². The molecule has 0 spiro atoms. The molecule has 0 saturated heterocycles. The van der Waals surface area contributed by atoms with Crippen molar-refractivity contribution in [1.29, 1.82) is 0 Å². The maximum absolute atomic E-state index is 12.2. The van der Waals surface area contributed by atoms with E-state index in [0.29, 0.717) is 0 Å². The summed E-state index contributed by atoms with van der Waals surface area (Å²) in [4.78, 5) is 16.7. The molecule has 0 aliphatic carbocycles. The van der Waals surface area contributed by atoms with Gasteiger partial charge in [-0.2, -0.15) is 10.2 Å². The molecule has 0 unspecified atom stereocenters. The van der Waals surface area contributed by atoms with Gasteiger partial charge in [-0.05, 0) is 12.8 Å². The Morgan fingerprint density at radius 3 is 3.08 bits per heavy atom. The van der Waals surface area contributed by atoms with Gasteiger partial charge in [0.15, 0.2) is 5.82 Å². The van der Waals surface area contributed by atoms with Crippen molar-refractivity contribution in [2.75, 3.05) is 11.9 Å². The van der Waals surface area contributed by atoms with Gasteiger partial charge in [0.1, 0.15) is 11.6 Å². The lowest BCUT2D eigenvalue weighted by atomic mass is 10.1. The second-order valence-electron chi connectivity index (χ2n) is 6.08. The lowest BCUT2D eigenvalue weighted by Gasteiger charge is -2.23. The Bertz CT molecular complexity index is 690. The topological polar surface area (TPSA) is 89.7 Å². The number of hydrogen-bond donors (Lipinski definition) is 2. The summed E-state index contributed by atoms with van der Waals surface area (Å²) in [5.74, 6) is 2.65. The third-order valence-electron chi connectivity index (χ3n) is 4.19. The summed E-state index contributed by atoms with van der Waals surface area (Å²) in [5.41, 5.74) is 0. The number of anilines is 1. The highest BCUT2D eigenvalue weighted by molar-refractivity contribution is 5.91. The lowest BCUT2D eigenvalue weighted by molar-refractivity contribution is -0.115. The van der Waals surface area contributed by atoms with Crippen molar-refractivity contribution in [3.63, 3.8) is 0 Å². The molecule has 0 aromatic carbocycles. The minimum atomic E-state index is -0.0495. The zero-order valence-corrected chi connectivity index (χ0v) is 14.3. The predicted octanol–water partition coefficient (Wildman–Crippen LogP) is 0.990. The highest BCUT2D eigenvalue weighted by Crippen LogP contribution is 2.13. The average molecular weight is 331 g/mol. The van der Waals surface area contributed by atoms with E-state index in [1.165, 1.54) is 0 Å². The molecule has 8 heteroatoms. The van der Waals surface area contributed by atoms with Crippen LogP contribution in [0.3, 0.4) is 0 Å². The zero-order chi connectivity index (χ0) is 16.9. The summed E-state index contributed by atoms with van der Waals surface area (Å²) in [6, 6.07) is 2.07. The van der Waals surface area contributed by atoms with Crippen LogP contribution in [0.2, 0.25) is 0 Å². The highest BCUT2D eigenvalue weighted by Gasteiger charge is 2.21. The SMILES string of the molecule is CCCn1nccc1NC(=O)CN[C@H]1CCc2nc(CC)nn2C1. The third kappa shape index (κ3) is 3.81. The van der Waals surface area contributed by atoms with Crippen LogP contribution in [-0.2, 0) is 30.7 Å². The molecule has 0 saturated carbocycles. The van der Waals surface area contributed by atoms with Crippen molar-refractivity contribution >= 4 is 11.7 Å². The molecule has 2 aromatic heterocycles. The minimum absolute atomic E-state index is 0.0495. The number of nitrogens with one attached hydrogen (secondary N) is 2. The van der Waals surface area contributed by atoms with E-state index in [0.717, 1.165) is 56.2 Å². The maximum Gasteiger partial charge on any atom is 0.239 e. The van der Waals surface area contributed by atoms with Gasteiger partial charge in [-0.25, -0.2) is 14.3 Å². The molecule has 1 aliphatic heterocycles. The third-order valence-corrected chi connectivity index (χ3v) is 4.19. The normalized spacial score (nSPS) is 16.8. The van der Waals surface area contributed by atoms with Crippen LogP contribution in [0.1, 0.15) is 38.3 Å². The summed E-state index contributed by atoms with van der Waals surface area (Å²) >= 11 is 0. The molecule has 1 amide bonds. The van der Waals surface area contributed by atoms with Crippen LogP contribution in [0.25, 0.3) is 0 Å². The van der Waals surface area contributed by atoms with Crippen LogP contribution in [0.15, 0.2) is 12.3 Å². The smallest absolute Gasteiger partial charge is 0.239 e. The summed E-state index contributed by atoms with van der Waals surface area (Å²) in [5, 5.41) is 14.9. The van der Waals surface area contributed by atoms with Crippen LogP contribution in [0.5, 0.6) is 0 Å². The predicted molar refractivity (Wildman–Crippen MR) is 90.7 cm³/mol. The zero-order valence-electron chi connectivity index (χ0n) is 14.3. The lowest BCUT2D eigenvalue weighted by Crippen LogP contribution is -2.41. The minimum Gasteiger partial charge on any atom is -0.310 e. The molecular weight excluding hydrogens is 306 g/mol. The summed E-state index contributed by atoms with van der Waals surface area (Å²) in [7, 11) is 0. The van der Waals surface area contributed by atoms with Crippen molar-refractivity contribution in [3.05, 3.63) is 23.9 Å². The fourth-order valence-corrected chi connectivity index (χ4v) is 2.93. The number of carbonyl (C=O) groups is 1. The molecule has 0 radical (unpaired) electrons. The van der Waals surface area contributed by atoms with Crippen molar-refractivity contribution < 1.29 is 4.79 Å². The number of aromatic nitrogens is 5. The average Bonchev–Trinajstić information content (AvgIpc) is 3.19. The number of carbonyl (C=O) groups excluding carboxylic acids is 1. The van der Waals surface area contributed by atoms with E-state index in [1.807, 2.05) is 15.4 Å². The van der Waals surface area contributed by atoms with Crippen molar-refractivity contribution in [3.8, 4) is 0 Å². The van der Waals surface area contributed by atoms with Gasteiger partial charge < -0.3 is 10.6 Å². The van der Waals surface area contributed by atoms with Crippen LogP contribution in [0.4, 0.5) is 5.82 Å². The van der Waals surface area contributed by atoms with E-state index in [-0.39, 0.29) is 18.5 Å². The Hall–Kier alpha value is -2.22. The van der Waals surface area contributed by atoms with Gasteiger partial charge in [0.2, 0.25) is 5.91 Å². The van der Waals surface area contributed by atoms with Crippen LogP contribution in [0, 0.1) is 0 Å². The van der Waals surface area contributed by atoms with Gasteiger partial charge >= 0.3 is 0 Å². The van der Waals surface area contributed by atoms with Crippen molar-refractivity contribution in [1.82, 2.24) is 29.9 Å². The molecule has 8 nitrogen and oxygen atoms in total. The maximum atomic E-state index is 12.2. The van der Waals surface area contributed by atoms with Gasteiger partial charge in [0, 0.05) is 31.5 Å². The summed E-state index contributed by atoms with van der Waals surface area (Å²) < 4.78 is 3.78. The fraction of sp³-hybridized carbons (Fsp3) is 0.625. The summed E-state index contributed by atoms with van der Waals surface area (Å²) in [6.07, 6.45) is 5.41. The highest BCUT2D eigenvalue weighted by atomic mass is 16.2.